The van der Waals surface area contributed by atoms with Gasteiger partial charge in [-0.25, -0.2) is 4.98 Å². The Morgan fingerprint density at radius 2 is 1.78 bits per heavy atom. The summed E-state index contributed by atoms with van der Waals surface area (Å²) in [6.45, 7) is 1.58. The van der Waals surface area contributed by atoms with Crippen LogP contribution in [0.4, 0.5) is 11.8 Å². The van der Waals surface area contributed by atoms with Crippen molar-refractivity contribution in [3.63, 3.8) is 0 Å². The summed E-state index contributed by atoms with van der Waals surface area (Å²) < 4.78 is 16.2. The Hall–Kier alpha value is -2.74. The van der Waals surface area contributed by atoms with E-state index in [4.69, 9.17) is 25.7 Å². The van der Waals surface area contributed by atoms with E-state index in [0.29, 0.717) is 35.5 Å². The van der Waals surface area contributed by atoms with Crippen molar-refractivity contribution in [2.24, 2.45) is 5.92 Å². The van der Waals surface area contributed by atoms with Gasteiger partial charge in [0.05, 0.1) is 27.0 Å². The predicted octanol–water partition coefficient (Wildman–Crippen LogP) is 1.56. The minimum Gasteiger partial charge on any atom is -0.493 e. The van der Waals surface area contributed by atoms with Crippen LogP contribution in [0.25, 0.3) is 0 Å². The minimum absolute atomic E-state index is 0.255. The Morgan fingerprint density at radius 3 is 2.41 bits per heavy atom. The molecule has 0 bridgehead atoms. The van der Waals surface area contributed by atoms with Gasteiger partial charge in [0.1, 0.15) is 5.82 Å². The molecule has 0 fully saturated rings. The van der Waals surface area contributed by atoms with E-state index in [-0.39, 0.29) is 5.95 Å². The molecule has 1 aromatic carbocycles. The number of nitrogens with zero attached hydrogens (tertiary/aromatic N) is 2. The number of hydrogen-bond donors (Lipinski definition) is 3. The first-order chi connectivity index (χ1) is 13.0. The van der Waals surface area contributed by atoms with Crippen molar-refractivity contribution in [3.05, 3.63) is 29.0 Å². The Bertz CT molecular complexity index is 787. The van der Waals surface area contributed by atoms with Gasteiger partial charge in [0.25, 0.3) is 0 Å². The van der Waals surface area contributed by atoms with Crippen LogP contribution < -0.4 is 31.0 Å². The van der Waals surface area contributed by atoms with Gasteiger partial charge in [-0.2, -0.15) is 4.98 Å². The molecule has 1 heterocycles. The summed E-state index contributed by atoms with van der Waals surface area (Å²) >= 11 is 0. The maximum atomic E-state index is 6.02. The second kappa shape index (κ2) is 8.30. The Kier molecular flexibility index (Phi) is 5.85. The van der Waals surface area contributed by atoms with Crippen molar-refractivity contribution in [1.29, 1.82) is 0 Å². The van der Waals surface area contributed by atoms with Crippen molar-refractivity contribution >= 4 is 11.8 Å². The number of aromatic nitrogens is 2. The molecular formula is C19H27N5O3. The zero-order valence-electron chi connectivity index (χ0n) is 16.0. The van der Waals surface area contributed by atoms with Crippen molar-refractivity contribution in [1.82, 2.24) is 15.3 Å². The number of nitrogens with one attached hydrogen (secondary N) is 1. The topological polar surface area (TPSA) is 118 Å². The third kappa shape index (κ3) is 4.16. The van der Waals surface area contributed by atoms with Crippen LogP contribution in [0, 0.1) is 5.92 Å². The average Bonchev–Trinajstić information content (AvgIpc) is 2.67. The molecule has 0 saturated carbocycles. The fraction of sp³-hybridized carbons (Fsp3) is 0.474. The van der Waals surface area contributed by atoms with Gasteiger partial charge in [0, 0.05) is 12.1 Å². The predicted molar refractivity (Wildman–Crippen MR) is 104 cm³/mol. The van der Waals surface area contributed by atoms with E-state index in [1.54, 1.807) is 21.3 Å². The normalized spacial score (nSPS) is 15.9. The van der Waals surface area contributed by atoms with Crippen LogP contribution >= 0.6 is 0 Å². The number of fused-ring (bicyclic) bond motifs is 1. The Balaban J connectivity index is 1.62. The SMILES string of the molecule is COc1cc(CNCC2CCc3nc(N)nc(N)c3C2)cc(OC)c1OC. The average molecular weight is 373 g/mol. The molecule has 1 atom stereocenters. The van der Waals surface area contributed by atoms with Gasteiger partial charge in [-0.1, -0.05) is 0 Å². The van der Waals surface area contributed by atoms with E-state index in [1.807, 2.05) is 12.1 Å². The third-order valence-corrected chi connectivity index (χ3v) is 4.91. The van der Waals surface area contributed by atoms with E-state index in [9.17, 15) is 0 Å². The quantitative estimate of drug-likeness (QED) is 0.669. The first-order valence-electron chi connectivity index (χ1n) is 8.96. The van der Waals surface area contributed by atoms with Crippen LogP contribution in [0.2, 0.25) is 0 Å². The van der Waals surface area contributed by atoms with E-state index >= 15 is 0 Å². The van der Waals surface area contributed by atoms with Crippen LogP contribution in [0.15, 0.2) is 12.1 Å². The van der Waals surface area contributed by atoms with Gasteiger partial charge in [0.2, 0.25) is 11.7 Å². The monoisotopic (exact) mass is 373 g/mol. The molecule has 5 N–H and O–H groups in total. The summed E-state index contributed by atoms with van der Waals surface area (Å²) in [6.07, 6.45) is 2.79. The summed E-state index contributed by atoms with van der Waals surface area (Å²) in [5.74, 6) is 3.15. The number of nitrogen functional groups attached to an aromatic ring is 2. The van der Waals surface area contributed by atoms with Crippen LogP contribution in [-0.4, -0.2) is 37.8 Å². The molecule has 0 aliphatic heterocycles. The maximum Gasteiger partial charge on any atom is 0.222 e. The van der Waals surface area contributed by atoms with E-state index in [0.717, 1.165) is 42.6 Å². The lowest BCUT2D eigenvalue weighted by Crippen LogP contribution is -2.28. The van der Waals surface area contributed by atoms with Crippen LogP contribution in [0.1, 0.15) is 23.2 Å². The van der Waals surface area contributed by atoms with Gasteiger partial charge < -0.3 is 31.0 Å². The van der Waals surface area contributed by atoms with Gasteiger partial charge in [-0.15, -0.1) is 0 Å². The smallest absolute Gasteiger partial charge is 0.222 e. The lowest BCUT2D eigenvalue weighted by atomic mass is 9.86. The van der Waals surface area contributed by atoms with Crippen LogP contribution in [0.5, 0.6) is 17.2 Å². The van der Waals surface area contributed by atoms with Crippen molar-refractivity contribution in [3.8, 4) is 17.2 Å². The number of methoxy groups -OCH3 is 3. The molecule has 146 valence electrons. The molecular weight excluding hydrogens is 346 g/mol. The van der Waals surface area contributed by atoms with Crippen molar-refractivity contribution in [2.45, 2.75) is 25.8 Å². The minimum atomic E-state index is 0.255. The molecule has 3 rings (SSSR count). The molecule has 0 amide bonds. The molecule has 0 spiro atoms. The molecule has 8 nitrogen and oxygen atoms in total. The summed E-state index contributed by atoms with van der Waals surface area (Å²) in [7, 11) is 4.84. The number of nitrogens with two attached hydrogens (primary N) is 2. The van der Waals surface area contributed by atoms with Crippen molar-refractivity contribution < 1.29 is 14.2 Å². The molecule has 1 aromatic heterocycles. The van der Waals surface area contributed by atoms with Gasteiger partial charge in [0.15, 0.2) is 11.5 Å². The second-order valence-electron chi connectivity index (χ2n) is 6.67. The number of benzene rings is 1. The fourth-order valence-electron chi connectivity index (χ4n) is 3.56. The number of hydrogen-bond acceptors (Lipinski definition) is 8. The molecule has 27 heavy (non-hydrogen) atoms. The molecule has 1 unspecified atom stereocenters. The fourth-order valence-corrected chi connectivity index (χ4v) is 3.56. The van der Waals surface area contributed by atoms with Gasteiger partial charge >= 0.3 is 0 Å². The molecule has 1 aliphatic rings. The molecule has 8 heteroatoms. The zero-order valence-corrected chi connectivity index (χ0v) is 16.0. The maximum absolute atomic E-state index is 6.02. The molecule has 1 aliphatic carbocycles. The highest BCUT2D eigenvalue weighted by Crippen LogP contribution is 2.38. The largest absolute Gasteiger partial charge is 0.493 e. The van der Waals surface area contributed by atoms with Gasteiger partial charge in [-0.3, -0.25) is 0 Å². The van der Waals surface area contributed by atoms with Crippen molar-refractivity contribution in [2.75, 3.05) is 39.3 Å². The standard InChI is InChI=1S/C19H27N5O3/c1-25-15-7-12(8-16(26-2)17(15)27-3)10-22-9-11-4-5-14-13(6-11)18(20)24-19(21)23-14/h7-8,11,22H,4-6,9-10H2,1-3H3,(H4,20,21,23,24). The number of rotatable bonds is 7. The third-order valence-electron chi connectivity index (χ3n) is 4.91. The number of aryl methyl sites for hydroxylation is 1. The number of anilines is 2. The highest BCUT2D eigenvalue weighted by molar-refractivity contribution is 5.53. The number of ether oxygens (including phenoxy) is 3. The van der Waals surface area contributed by atoms with Crippen LogP contribution in [-0.2, 0) is 19.4 Å². The molecule has 0 radical (unpaired) electrons. The molecule has 2 aromatic rings. The van der Waals surface area contributed by atoms with Gasteiger partial charge in [-0.05, 0) is 49.4 Å². The first-order valence-corrected chi connectivity index (χ1v) is 8.96. The van der Waals surface area contributed by atoms with Crippen LogP contribution in [0.3, 0.4) is 0 Å². The molecule has 0 saturated heterocycles. The highest BCUT2D eigenvalue weighted by atomic mass is 16.5. The highest BCUT2D eigenvalue weighted by Gasteiger charge is 2.23. The second-order valence-corrected chi connectivity index (χ2v) is 6.67. The lowest BCUT2D eigenvalue weighted by Gasteiger charge is -2.25. The summed E-state index contributed by atoms with van der Waals surface area (Å²) in [6, 6.07) is 3.91. The first kappa shape index (κ1) is 19.0. The summed E-state index contributed by atoms with van der Waals surface area (Å²) in [5, 5.41) is 3.51. The van der Waals surface area contributed by atoms with E-state index in [2.05, 4.69) is 15.3 Å². The summed E-state index contributed by atoms with van der Waals surface area (Å²) in [4.78, 5) is 8.41. The van der Waals surface area contributed by atoms with E-state index < -0.39 is 0 Å². The van der Waals surface area contributed by atoms with E-state index in [1.165, 1.54) is 0 Å². The Morgan fingerprint density at radius 1 is 1.07 bits per heavy atom. The lowest BCUT2D eigenvalue weighted by molar-refractivity contribution is 0.323. The Labute approximate surface area is 159 Å². The summed E-state index contributed by atoms with van der Waals surface area (Å²) in [5.41, 5.74) is 14.8. The zero-order chi connectivity index (χ0) is 19.4.